The van der Waals surface area contributed by atoms with Crippen LogP contribution in [0, 0.1) is 51.2 Å². The number of ether oxygens (including phenoxy) is 4. The average molecular weight is 1270 g/mol. The van der Waals surface area contributed by atoms with E-state index in [1.165, 1.54) is 11.0 Å². The van der Waals surface area contributed by atoms with Crippen molar-refractivity contribution in [2.45, 2.75) is 57.5 Å². The molecule has 1 atom stereocenters. The maximum atomic E-state index is 15.9. The molecule has 432 valence electrons. The van der Waals surface area contributed by atoms with Crippen molar-refractivity contribution in [1.82, 2.24) is 4.90 Å². The van der Waals surface area contributed by atoms with Gasteiger partial charge in [-0.2, -0.15) is 21.0 Å². The Morgan fingerprint density at radius 1 is 0.511 bits per heavy atom. The lowest BCUT2D eigenvalue weighted by molar-refractivity contribution is -0.166. The highest BCUT2D eigenvalue weighted by Crippen LogP contribution is 2.68. The molecule has 88 heavy (non-hydrogen) atoms. The Balaban J connectivity index is 1.11. The minimum Gasteiger partial charge on any atom is -0.459 e. The van der Waals surface area contributed by atoms with Crippen LogP contribution < -0.4 is 0 Å². The van der Waals surface area contributed by atoms with Crippen LogP contribution in [0.3, 0.4) is 0 Å². The van der Waals surface area contributed by atoms with E-state index in [4.69, 9.17) is 28.9 Å². The smallest absolute Gasteiger partial charge is 0.333 e. The van der Waals surface area contributed by atoms with E-state index in [-0.39, 0.29) is 103 Å². The molecule has 0 saturated carbocycles. The fraction of sp³-hybridized carbons (Fsp3) is 0.169. The van der Waals surface area contributed by atoms with Crippen LogP contribution in [0.25, 0.3) is 28.9 Å². The summed E-state index contributed by atoms with van der Waals surface area (Å²) in [5.74, 6) is -5.90. The molecular weight excluding hydrogens is 1230 g/mol. The number of benzene rings is 4. The van der Waals surface area contributed by atoms with E-state index in [0.29, 0.717) is 51.2 Å². The van der Waals surface area contributed by atoms with E-state index in [9.17, 15) is 30.6 Å². The second-order valence-electron chi connectivity index (χ2n) is 20.0. The zero-order valence-corrected chi connectivity index (χ0v) is 51.1. The number of fused-ring (bicyclic) bond motifs is 9. The zero-order valence-electron chi connectivity index (χ0n) is 46.2. The predicted molar refractivity (Wildman–Crippen MR) is 335 cm³/mol. The van der Waals surface area contributed by atoms with Crippen molar-refractivity contribution >= 4 is 134 Å². The largest absolute Gasteiger partial charge is 0.459 e. The van der Waals surface area contributed by atoms with Gasteiger partial charge in [-0.3, -0.25) is 33.7 Å². The third kappa shape index (κ3) is 9.82. The summed E-state index contributed by atoms with van der Waals surface area (Å²) in [6, 6.07) is 46.0. The number of nitriles is 4. The van der Waals surface area contributed by atoms with Crippen molar-refractivity contribution in [3.05, 3.63) is 199 Å². The number of rotatable bonds is 16. The third-order valence-corrected chi connectivity index (χ3v) is 22.2. The van der Waals surface area contributed by atoms with E-state index < -0.39 is 52.3 Å². The van der Waals surface area contributed by atoms with E-state index in [1.807, 2.05) is 24.3 Å². The summed E-state index contributed by atoms with van der Waals surface area (Å²) in [6.45, 7) is 2.45. The summed E-state index contributed by atoms with van der Waals surface area (Å²) in [7, 11) is 0. The van der Waals surface area contributed by atoms with Crippen LogP contribution in [-0.4, -0.2) is 57.1 Å². The number of aliphatic imine (C=N–C) groups is 2. The van der Waals surface area contributed by atoms with Crippen molar-refractivity contribution in [3.8, 4) is 43.8 Å². The van der Waals surface area contributed by atoms with Gasteiger partial charge in [0.25, 0.3) is 5.91 Å². The predicted octanol–water partition coefficient (Wildman–Crippen LogP) is 13.1. The van der Waals surface area contributed by atoms with Gasteiger partial charge >= 0.3 is 23.9 Å². The van der Waals surface area contributed by atoms with E-state index in [2.05, 4.69) is 0 Å². The number of esters is 4. The number of carbonyl (C=O) groups excluding carboxylic acids is 6. The van der Waals surface area contributed by atoms with Crippen LogP contribution in [-0.2, 0) is 85.0 Å². The molecule has 2 aliphatic heterocycles. The fourth-order valence-corrected chi connectivity index (χ4v) is 18.8. The summed E-state index contributed by atoms with van der Waals surface area (Å²) in [4.78, 5) is 104. The van der Waals surface area contributed by atoms with E-state index in [1.54, 1.807) is 141 Å². The van der Waals surface area contributed by atoms with Gasteiger partial charge in [0.15, 0.2) is 16.4 Å². The number of nitrogens with zero attached hydrogens (tertiary/aromatic N) is 7. The molecule has 8 aromatic rings. The second-order valence-corrected chi connectivity index (χ2v) is 26.1. The first-order chi connectivity index (χ1) is 42.8. The monoisotopic (exact) mass is 1270 g/mol. The van der Waals surface area contributed by atoms with Gasteiger partial charge in [0, 0.05) is 33.7 Å². The Morgan fingerprint density at radius 3 is 1.24 bits per heavy atom. The van der Waals surface area contributed by atoms with Gasteiger partial charge in [0.2, 0.25) is 10.8 Å². The molecule has 4 aromatic heterocycles. The number of amides is 1. The van der Waals surface area contributed by atoms with Crippen LogP contribution >= 0.6 is 68.9 Å². The molecule has 0 N–H and O–H groups in total. The standard InChI is InChI=1S/C65H41N7O10S6/c1-3-41-48(73)56(87-49(41)39(27-66)28-67)70-44-25-42-50(83-44)52-46(64(42,60(75)79-31-35-17-9-5-10-18-35)61(76)80-32-36-19-11-6-12-20-36)54-55(85-52)47-53(86-54)51-43(26-45(84-51)71-57-58(74)72(4-2)59(88-57)40(29-68)30-69)65(47,62(77)81-33-37-21-13-7-14-22-37)63(78)82-34-38-23-15-8-16-24-38/h5-26,41H,3-4,31-34H2,1-2H3/b70-56+,71-57+. The quantitative estimate of drug-likeness (QED) is 0.0377. The molecule has 4 aliphatic rings. The Morgan fingerprint density at radius 2 is 0.886 bits per heavy atom. The highest BCUT2D eigenvalue weighted by molar-refractivity contribution is 8.20. The lowest BCUT2D eigenvalue weighted by Gasteiger charge is -2.27. The minimum absolute atomic E-state index is 0.00748. The van der Waals surface area contributed by atoms with Gasteiger partial charge < -0.3 is 18.9 Å². The molecule has 2 aliphatic carbocycles. The normalized spacial score (nSPS) is 16.5. The minimum atomic E-state index is -2.45. The van der Waals surface area contributed by atoms with Gasteiger partial charge in [-0.25, -0.2) is 9.98 Å². The SMILES string of the molecule is CCC1C(=O)/C(=N\c2cc3c(s2)-c2sc4c5c(sc4c2C3(C(=O)OCc2ccccc2)C(=O)OCc2ccccc2)-c2sc(/N=C3/SC(=C(C#N)C#N)N(CC)C3=O)cc2C5(C(=O)OCc2ccccc2)C(=O)OCc2ccccc2)SC1=C(C#N)C#N. The average Bonchev–Trinajstić information content (AvgIpc) is 1.56. The Labute approximate surface area is 526 Å². The molecule has 1 amide bonds. The topological polar surface area (TPSA) is 262 Å². The molecule has 1 unspecified atom stereocenters. The maximum Gasteiger partial charge on any atom is 0.333 e. The molecule has 23 heteroatoms. The van der Waals surface area contributed by atoms with Crippen LogP contribution in [0.4, 0.5) is 10.0 Å². The number of Topliss-reactive ketones (excluding diaryl/α,β-unsaturated/α-hetero) is 1. The third-order valence-electron chi connectivity index (χ3n) is 15.0. The first-order valence-electron chi connectivity index (χ1n) is 27.1. The van der Waals surface area contributed by atoms with Crippen molar-refractivity contribution in [2.24, 2.45) is 15.9 Å². The molecular formula is C65H41N7O10S6. The van der Waals surface area contributed by atoms with Crippen LogP contribution in [0.15, 0.2) is 165 Å². The Bertz CT molecular complexity index is 4140. The lowest BCUT2D eigenvalue weighted by Crippen LogP contribution is -2.46. The summed E-state index contributed by atoms with van der Waals surface area (Å²) < 4.78 is 25.7. The summed E-state index contributed by atoms with van der Waals surface area (Å²) in [6.07, 6.45) is 0.281. The van der Waals surface area contributed by atoms with E-state index in [0.717, 1.165) is 68.9 Å². The number of hydrogen-bond donors (Lipinski definition) is 0. The number of carbonyl (C=O) groups is 6. The highest BCUT2D eigenvalue weighted by Gasteiger charge is 2.65. The summed E-state index contributed by atoms with van der Waals surface area (Å²) in [5, 5.41) is 39.8. The zero-order chi connectivity index (χ0) is 61.4. The highest BCUT2D eigenvalue weighted by atomic mass is 32.2. The molecule has 2 saturated heterocycles. The number of thioether (sulfide) groups is 2. The lowest BCUT2D eigenvalue weighted by atomic mass is 9.77. The molecule has 0 spiro atoms. The van der Waals surface area contributed by atoms with Crippen LogP contribution in [0.5, 0.6) is 0 Å². The van der Waals surface area contributed by atoms with Crippen molar-refractivity contribution in [2.75, 3.05) is 6.54 Å². The van der Waals surface area contributed by atoms with Crippen LogP contribution in [0.2, 0.25) is 0 Å². The number of allylic oxidation sites excluding steroid dienone is 3. The second kappa shape index (κ2) is 24.3. The molecule has 0 radical (unpaired) electrons. The Hall–Kier alpha value is -9.56. The molecule has 17 nitrogen and oxygen atoms in total. The molecule has 12 rings (SSSR count). The molecule has 6 heterocycles. The van der Waals surface area contributed by atoms with Gasteiger partial charge in [0.05, 0.1) is 34.8 Å². The number of ketones is 1. The molecule has 0 bridgehead atoms. The summed E-state index contributed by atoms with van der Waals surface area (Å²) in [5.41, 5.74) is -2.43. The van der Waals surface area contributed by atoms with Crippen LogP contribution in [0.1, 0.15) is 64.8 Å². The molecule has 2 fully saturated rings. The summed E-state index contributed by atoms with van der Waals surface area (Å²) >= 11 is 6.11. The molecule has 4 aromatic carbocycles. The first kappa shape index (κ1) is 58.8. The first-order valence-corrected chi connectivity index (χ1v) is 32.0. The Kier molecular flexibility index (Phi) is 16.2. The van der Waals surface area contributed by atoms with Crippen molar-refractivity contribution in [3.63, 3.8) is 0 Å². The fourth-order valence-electron chi connectivity index (χ4n) is 10.9. The number of thiophene rings is 4. The van der Waals surface area contributed by atoms with Gasteiger partial charge in [0.1, 0.15) is 76.4 Å². The number of hydrogen-bond acceptors (Lipinski definition) is 22. The van der Waals surface area contributed by atoms with Crippen molar-refractivity contribution < 1.29 is 47.7 Å². The van der Waals surface area contributed by atoms with Crippen molar-refractivity contribution in [1.29, 1.82) is 21.0 Å². The maximum absolute atomic E-state index is 15.9. The van der Waals surface area contributed by atoms with Gasteiger partial charge in [-0.05, 0) is 59.5 Å². The van der Waals surface area contributed by atoms with E-state index >= 15 is 19.2 Å². The van der Waals surface area contributed by atoms with Gasteiger partial charge in [-0.1, -0.05) is 140 Å². The van der Waals surface area contributed by atoms with Gasteiger partial charge in [-0.15, -0.1) is 45.3 Å².